The minimum Gasteiger partial charge on any atom is -0.493 e. The van der Waals surface area contributed by atoms with Gasteiger partial charge in [0.05, 0.1) is 18.2 Å². The lowest BCUT2D eigenvalue weighted by Crippen LogP contribution is -2.11. The largest absolute Gasteiger partial charge is 0.493 e. The van der Waals surface area contributed by atoms with Crippen LogP contribution in [0.5, 0.6) is 11.5 Å². The van der Waals surface area contributed by atoms with Gasteiger partial charge in [-0.1, -0.05) is 26.7 Å². The van der Waals surface area contributed by atoms with Crippen LogP contribution in [-0.2, 0) is 6.54 Å². The number of hydrogen-bond acceptors (Lipinski definition) is 3. The number of hydrogen-bond donors (Lipinski definition) is 1. The molecule has 0 atom stereocenters. The van der Waals surface area contributed by atoms with Crippen molar-refractivity contribution in [2.24, 2.45) is 5.92 Å². The van der Waals surface area contributed by atoms with E-state index in [0.717, 1.165) is 42.0 Å². The summed E-state index contributed by atoms with van der Waals surface area (Å²) in [5.41, 5.74) is 1.17. The Labute approximate surface area is 124 Å². The van der Waals surface area contributed by atoms with Gasteiger partial charge in [0, 0.05) is 6.54 Å². The third-order valence-corrected chi connectivity index (χ3v) is 3.88. The Hall–Kier alpha value is -0.740. The van der Waals surface area contributed by atoms with E-state index in [4.69, 9.17) is 9.47 Å². The molecule has 1 aromatic carbocycles. The summed E-state index contributed by atoms with van der Waals surface area (Å²) in [6.07, 6.45) is 2.27. The Morgan fingerprint density at radius 1 is 1.26 bits per heavy atom. The van der Waals surface area contributed by atoms with Gasteiger partial charge < -0.3 is 14.8 Å². The molecule has 1 N–H and O–H groups in total. The Balaban J connectivity index is 2.87. The molecule has 0 aliphatic heterocycles. The quantitative estimate of drug-likeness (QED) is 0.782. The van der Waals surface area contributed by atoms with Crippen molar-refractivity contribution in [1.82, 2.24) is 5.32 Å². The van der Waals surface area contributed by atoms with Crippen molar-refractivity contribution in [2.75, 3.05) is 20.8 Å². The molecular weight excluding hydrogens is 306 g/mol. The molecule has 4 heteroatoms. The number of methoxy groups -OCH3 is 1. The van der Waals surface area contributed by atoms with Crippen LogP contribution < -0.4 is 14.8 Å². The normalized spacial score (nSPS) is 10.8. The first kappa shape index (κ1) is 16.3. The van der Waals surface area contributed by atoms with E-state index in [1.807, 2.05) is 13.1 Å². The highest BCUT2D eigenvalue weighted by molar-refractivity contribution is 9.10. The van der Waals surface area contributed by atoms with Crippen molar-refractivity contribution < 1.29 is 9.47 Å². The fourth-order valence-corrected chi connectivity index (χ4v) is 2.55. The molecule has 0 radical (unpaired) electrons. The summed E-state index contributed by atoms with van der Waals surface area (Å²) in [6.45, 7) is 5.93. The van der Waals surface area contributed by atoms with E-state index in [9.17, 15) is 0 Å². The van der Waals surface area contributed by atoms with Crippen LogP contribution in [0.4, 0.5) is 0 Å². The standard InChI is InChI=1S/C15H24BrNO2/c1-5-11(6-2)10-19-15-13(16)7-12(9-17-3)8-14(15)18-4/h7-8,11,17H,5-6,9-10H2,1-4H3. The number of halogens is 1. The molecule has 1 rings (SSSR count). The summed E-state index contributed by atoms with van der Waals surface area (Å²) in [6, 6.07) is 4.09. The highest BCUT2D eigenvalue weighted by Crippen LogP contribution is 2.37. The molecule has 0 aliphatic rings. The molecule has 0 aromatic heterocycles. The van der Waals surface area contributed by atoms with Gasteiger partial charge in [0.15, 0.2) is 11.5 Å². The van der Waals surface area contributed by atoms with Gasteiger partial charge in [0.2, 0.25) is 0 Å². The van der Waals surface area contributed by atoms with Gasteiger partial charge in [-0.15, -0.1) is 0 Å². The van der Waals surface area contributed by atoms with Gasteiger partial charge in [-0.05, 0) is 46.6 Å². The van der Waals surface area contributed by atoms with Gasteiger partial charge in [0.1, 0.15) is 0 Å². The van der Waals surface area contributed by atoms with Crippen molar-refractivity contribution in [3.05, 3.63) is 22.2 Å². The average Bonchev–Trinajstić information content (AvgIpc) is 2.41. The second kappa shape index (κ2) is 8.43. The van der Waals surface area contributed by atoms with Gasteiger partial charge in [-0.2, -0.15) is 0 Å². The first-order valence-electron chi connectivity index (χ1n) is 6.79. The fraction of sp³-hybridized carbons (Fsp3) is 0.600. The van der Waals surface area contributed by atoms with E-state index in [1.165, 1.54) is 5.56 Å². The Morgan fingerprint density at radius 2 is 1.95 bits per heavy atom. The lowest BCUT2D eigenvalue weighted by molar-refractivity contribution is 0.229. The zero-order chi connectivity index (χ0) is 14.3. The number of rotatable bonds is 8. The van der Waals surface area contributed by atoms with Crippen molar-refractivity contribution in [1.29, 1.82) is 0 Å². The van der Waals surface area contributed by atoms with Gasteiger partial charge >= 0.3 is 0 Å². The van der Waals surface area contributed by atoms with Crippen LogP contribution in [0.15, 0.2) is 16.6 Å². The summed E-state index contributed by atoms with van der Waals surface area (Å²) in [7, 11) is 3.60. The topological polar surface area (TPSA) is 30.5 Å². The summed E-state index contributed by atoms with van der Waals surface area (Å²) >= 11 is 3.57. The number of ether oxygens (including phenoxy) is 2. The minimum atomic E-state index is 0.591. The molecule has 3 nitrogen and oxygen atoms in total. The van der Waals surface area contributed by atoms with Crippen LogP contribution in [0, 0.1) is 5.92 Å². The lowest BCUT2D eigenvalue weighted by Gasteiger charge is -2.18. The molecule has 108 valence electrons. The molecule has 0 aliphatic carbocycles. The van der Waals surface area contributed by atoms with Crippen molar-refractivity contribution >= 4 is 15.9 Å². The lowest BCUT2D eigenvalue weighted by atomic mass is 10.1. The van der Waals surface area contributed by atoms with E-state index < -0.39 is 0 Å². The van der Waals surface area contributed by atoms with Crippen LogP contribution in [0.1, 0.15) is 32.3 Å². The molecule has 1 aromatic rings. The van der Waals surface area contributed by atoms with Crippen LogP contribution >= 0.6 is 15.9 Å². The number of benzene rings is 1. The Morgan fingerprint density at radius 3 is 2.47 bits per heavy atom. The summed E-state index contributed by atoms with van der Waals surface area (Å²) in [5, 5.41) is 3.13. The third-order valence-electron chi connectivity index (χ3n) is 3.29. The predicted octanol–water partition coefficient (Wildman–Crippen LogP) is 3.99. The molecule has 0 unspecified atom stereocenters. The van der Waals surface area contributed by atoms with Crippen molar-refractivity contribution in [3.63, 3.8) is 0 Å². The predicted molar refractivity (Wildman–Crippen MR) is 83.0 cm³/mol. The molecule has 0 amide bonds. The Kier molecular flexibility index (Phi) is 7.24. The minimum absolute atomic E-state index is 0.591. The molecule has 0 saturated carbocycles. The molecule has 0 saturated heterocycles. The first-order chi connectivity index (χ1) is 9.15. The van der Waals surface area contributed by atoms with E-state index in [2.05, 4.69) is 41.2 Å². The van der Waals surface area contributed by atoms with Crippen LogP contribution in [0.3, 0.4) is 0 Å². The van der Waals surface area contributed by atoms with Gasteiger partial charge in [-0.3, -0.25) is 0 Å². The Bertz CT molecular complexity index is 392. The smallest absolute Gasteiger partial charge is 0.175 e. The van der Waals surface area contributed by atoms with Crippen LogP contribution in [0.2, 0.25) is 0 Å². The zero-order valence-electron chi connectivity index (χ0n) is 12.3. The maximum atomic E-state index is 5.94. The van der Waals surface area contributed by atoms with Crippen molar-refractivity contribution in [2.45, 2.75) is 33.2 Å². The van der Waals surface area contributed by atoms with Crippen LogP contribution in [0.25, 0.3) is 0 Å². The van der Waals surface area contributed by atoms with Gasteiger partial charge in [0.25, 0.3) is 0 Å². The molecule has 0 bridgehead atoms. The van der Waals surface area contributed by atoms with Gasteiger partial charge in [-0.25, -0.2) is 0 Å². The maximum Gasteiger partial charge on any atom is 0.175 e. The SMILES string of the molecule is CCC(CC)COc1c(Br)cc(CNC)cc1OC. The summed E-state index contributed by atoms with van der Waals surface area (Å²) in [4.78, 5) is 0. The second-order valence-electron chi connectivity index (χ2n) is 4.63. The zero-order valence-corrected chi connectivity index (χ0v) is 13.8. The molecule has 19 heavy (non-hydrogen) atoms. The van der Waals surface area contributed by atoms with Crippen LogP contribution in [-0.4, -0.2) is 20.8 Å². The molecule has 0 spiro atoms. The first-order valence-corrected chi connectivity index (χ1v) is 7.59. The molecule has 0 heterocycles. The highest BCUT2D eigenvalue weighted by atomic mass is 79.9. The van der Waals surface area contributed by atoms with E-state index in [-0.39, 0.29) is 0 Å². The van der Waals surface area contributed by atoms with E-state index in [1.54, 1.807) is 7.11 Å². The monoisotopic (exact) mass is 329 g/mol. The molecular formula is C15H24BrNO2. The average molecular weight is 330 g/mol. The number of nitrogens with one attached hydrogen (secondary N) is 1. The second-order valence-corrected chi connectivity index (χ2v) is 5.49. The summed E-state index contributed by atoms with van der Waals surface area (Å²) in [5.74, 6) is 2.17. The third kappa shape index (κ3) is 4.69. The fourth-order valence-electron chi connectivity index (χ4n) is 1.95. The van der Waals surface area contributed by atoms with E-state index >= 15 is 0 Å². The van der Waals surface area contributed by atoms with E-state index in [0.29, 0.717) is 5.92 Å². The maximum absolute atomic E-state index is 5.94. The summed E-state index contributed by atoms with van der Waals surface area (Å²) < 4.78 is 12.3. The molecule has 0 fully saturated rings. The highest BCUT2D eigenvalue weighted by Gasteiger charge is 2.13. The van der Waals surface area contributed by atoms with Crippen molar-refractivity contribution in [3.8, 4) is 11.5 Å².